The molecule has 1 amide bonds. The number of carbonyl (C=O) groups excluding carboxylic acids is 1. The molecule has 2 heterocycles. The SMILES string of the molecule is CCC(C)Cc1c(C)sc2nc(SCC(=O)Nc3c(C)cccc3C)[nH]c(=O)c12. The third kappa shape index (κ3) is 4.90. The van der Waals surface area contributed by atoms with E-state index in [1.807, 2.05) is 39.0 Å². The number of thioether (sulfide) groups is 1. The molecular formula is C22H27N3O2S2. The number of thiophene rings is 1. The lowest BCUT2D eigenvalue weighted by molar-refractivity contribution is -0.113. The number of hydrogen-bond acceptors (Lipinski definition) is 5. The van der Waals surface area contributed by atoms with E-state index < -0.39 is 0 Å². The predicted octanol–water partition coefficient (Wildman–Crippen LogP) is 5.23. The van der Waals surface area contributed by atoms with Crippen molar-refractivity contribution in [1.29, 1.82) is 0 Å². The number of nitrogens with one attached hydrogen (secondary N) is 2. The van der Waals surface area contributed by atoms with E-state index in [2.05, 4.69) is 29.1 Å². The number of amides is 1. The largest absolute Gasteiger partial charge is 0.325 e. The van der Waals surface area contributed by atoms with E-state index in [1.54, 1.807) is 11.3 Å². The van der Waals surface area contributed by atoms with Crippen LogP contribution in [0.1, 0.15) is 41.8 Å². The lowest BCUT2D eigenvalue weighted by Crippen LogP contribution is -2.17. The van der Waals surface area contributed by atoms with E-state index in [-0.39, 0.29) is 17.2 Å². The van der Waals surface area contributed by atoms with Crippen molar-refractivity contribution in [1.82, 2.24) is 9.97 Å². The average Bonchev–Trinajstić information content (AvgIpc) is 2.98. The number of nitrogens with zero attached hydrogens (tertiary/aromatic N) is 1. The Labute approximate surface area is 179 Å². The second-order valence-corrected chi connectivity index (χ2v) is 9.68. The van der Waals surface area contributed by atoms with Crippen molar-refractivity contribution < 1.29 is 4.79 Å². The summed E-state index contributed by atoms with van der Waals surface area (Å²) >= 11 is 2.81. The first-order chi connectivity index (χ1) is 13.8. The van der Waals surface area contributed by atoms with Gasteiger partial charge in [-0.1, -0.05) is 50.2 Å². The van der Waals surface area contributed by atoms with E-state index in [9.17, 15) is 9.59 Å². The number of aryl methyl sites for hydroxylation is 3. The summed E-state index contributed by atoms with van der Waals surface area (Å²) in [6.45, 7) is 10.4. The van der Waals surface area contributed by atoms with Crippen LogP contribution in [0.25, 0.3) is 10.2 Å². The van der Waals surface area contributed by atoms with Crippen molar-refractivity contribution in [3.8, 4) is 0 Å². The maximum Gasteiger partial charge on any atom is 0.260 e. The molecule has 1 atom stereocenters. The van der Waals surface area contributed by atoms with E-state index in [0.29, 0.717) is 16.5 Å². The summed E-state index contributed by atoms with van der Waals surface area (Å²) in [6.07, 6.45) is 1.96. The summed E-state index contributed by atoms with van der Waals surface area (Å²) in [5, 5.41) is 4.15. The van der Waals surface area contributed by atoms with Crippen LogP contribution in [-0.4, -0.2) is 21.6 Å². The Balaban J connectivity index is 1.76. The Morgan fingerprint density at radius 1 is 1.28 bits per heavy atom. The highest BCUT2D eigenvalue weighted by Gasteiger charge is 2.17. The van der Waals surface area contributed by atoms with E-state index in [1.165, 1.54) is 11.8 Å². The Hall–Kier alpha value is -2.12. The summed E-state index contributed by atoms with van der Waals surface area (Å²) < 4.78 is 0. The topological polar surface area (TPSA) is 74.8 Å². The first kappa shape index (κ1) is 21.6. The number of rotatable bonds is 7. The minimum Gasteiger partial charge on any atom is -0.325 e. The number of benzene rings is 1. The number of fused-ring (bicyclic) bond motifs is 1. The summed E-state index contributed by atoms with van der Waals surface area (Å²) in [5.41, 5.74) is 3.89. The first-order valence-electron chi connectivity index (χ1n) is 9.81. The fourth-order valence-corrected chi connectivity index (χ4v) is 5.06. The van der Waals surface area contributed by atoms with Gasteiger partial charge in [-0.15, -0.1) is 11.3 Å². The molecule has 154 valence electrons. The zero-order valence-corrected chi connectivity index (χ0v) is 19.1. The first-order valence-corrected chi connectivity index (χ1v) is 11.6. The molecule has 1 unspecified atom stereocenters. The fraction of sp³-hybridized carbons (Fsp3) is 0.409. The van der Waals surface area contributed by atoms with Crippen LogP contribution in [0.4, 0.5) is 5.69 Å². The molecule has 2 aromatic heterocycles. The normalized spacial score (nSPS) is 12.3. The van der Waals surface area contributed by atoms with Gasteiger partial charge in [-0.25, -0.2) is 4.98 Å². The highest BCUT2D eigenvalue weighted by atomic mass is 32.2. The van der Waals surface area contributed by atoms with Gasteiger partial charge in [0.2, 0.25) is 5.91 Å². The quantitative estimate of drug-likeness (QED) is 0.398. The molecule has 0 saturated heterocycles. The summed E-state index contributed by atoms with van der Waals surface area (Å²) in [6, 6.07) is 5.91. The van der Waals surface area contributed by atoms with Crippen LogP contribution < -0.4 is 10.9 Å². The Morgan fingerprint density at radius 3 is 2.62 bits per heavy atom. The molecule has 1 aromatic carbocycles. The van der Waals surface area contributed by atoms with Gasteiger partial charge in [-0.05, 0) is 49.8 Å². The predicted molar refractivity (Wildman–Crippen MR) is 123 cm³/mol. The second kappa shape index (κ2) is 9.13. The summed E-state index contributed by atoms with van der Waals surface area (Å²) in [5.74, 6) is 0.593. The number of H-pyrrole nitrogens is 1. The highest BCUT2D eigenvalue weighted by molar-refractivity contribution is 7.99. The zero-order valence-electron chi connectivity index (χ0n) is 17.5. The molecule has 0 bridgehead atoms. The van der Waals surface area contributed by atoms with Gasteiger partial charge in [0.15, 0.2) is 5.16 Å². The highest BCUT2D eigenvalue weighted by Crippen LogP contribution is 2.30. The average molecular weight is 430 g/mol. The second-order valence-electron chi connectivity index (χ2n) is 7.51. The van der Waals surface area contributed by atoms with E-state index in [4.69, 9.17) is 0 Å². The van der Waals surface area contributed by atoms with Crippen LogP contribution in [-0.2, 0) is 11.2 Å². The molecule has 0 spiro atoms. The van der Waals surface area contributed by atoms with Crippen LogP contribution in [0.3, 0.4) is 0 Å². The molecule has 0 radical (unpaired) electrons. The van der Waals surface area contributed by atoms with Crippen molar-refractivity contribution in [2.24, 2.45) is 5.92 Å². The van der Waals surface area contributed by atoms with Crippen molar-refractivity contribution in [2.45, 2.75) is 52.6 Å². The molecule has 0 fully saturated rings. The van der Waals surface area contributed by atoms with Gasteiger partial charge in [-0.3, -0.25) is 9.59 Å². The molecule has 0 aliphatic heterocycles. The third-order valence-corrected chi connectivity index (χ3v) is 7.09. The zero-order chi connectivity index (χ0) is 21.1. The van der Waals surface area contributed by atoms with Gasteiger partial charge in [0.25, 0.3) is 5.56 Å². The Kier molecular flexibility index (Phi) is 6.80. The van der Waals surface area contributed by atoms with Gasteiger partial charge in [0.05, 0.1) is 11.1 Å². The number of hydrogen-bond donors (Lipinski definition) is 2. The molecule has 29 heavy (non-hydrogen) atoms. The van der Waals surface area contributed by atoms with Crippen molar-refractivity contribution >= 4 is 44.9 Å². The number of anilines is 1. The maximum absolute atomic E-state index is 12.7. The number of para-hydroxylation sites is 1. The molecule has 2 N–H and O–H groups in total. The van der Waals surface area contributed by atoms with Crippen LogP contribution in [0, 0.1) is 26.7 Å². The van der Waals surface area contributed by atoms with Crippen molar-refractivity contribution in [2.75, 3.05) is 11.1 Å². The summed E-state index contributed by atoms with van der Waals surface area (Å²) in [4.78, 5) is 34.5. The molecule has 3 aromatic rings. The van der Waals surface area contributed by atoms with Gasteiger partial charge >= 0.3 is 0 Å². The number of aromatic amines is 1. The fourth-order valence-electron chi connectivity index (χ4n) is 3.28. The van der Waals surface area contributed by atoms with Crippen LogP contribution in [0.2, 0.25) is 0 Å². The van der Waals surface area contributed by atoms with E-state index in [0.717, 1.165) is 44.9 Å². The molecule has 0 saturated carbocycles. The van der Waals surface area contributed by atoms with Crippen LogP contribution in [0.5, 0.6) is 0 Å². The number of carbonyl (C=O) groups is 1. The van der Waals surface area contributed by atoms with Crippen LogP contribution in [0.15, 0.2) is 28.2 Å². The van der Waals surface area contributed by atoms with Gasteiger partial charge < -0.3 is 10.3 Å². The lowest BCUT2D eigenvalue weighted by atomic mass is 9.98. The minimum absolute atomic E-state index is 0.115. The maximum atomic E-state index is 12.7. The smallest absolute Gasteiger partial charge is 0.260 e. The van der Waals surface area contributed by atoms with Gasteiger partial charge in [0, 0.05) is 10.6 Å². The van der Waals surface area contributed by atoms with Gasteiger partial charge in [0.1, 0.15) is 4.83 Å². The third-order valence-electron chi connectivity index (χ3n) is 5.18. The van der Waals surface area contributed by atoms with E-state index >= 15 is 0 Å². The molecule has 3 rings (SSSR count). The summed E-state index contributed by atoms with van der Waals surface area (Å²) in [7, 11) is 0. The molecule has 7 heteroatoms. The number of aromatic nitrogens is 2. The Morgan fingerprint density at radius 2 is 1.97 bits per heavy atom. The van der Waals surface area contributed by atoms with Gasteiger partial charge in [-0.2, -0.15) is 0 Å². The minimum atomic E-state index is -0.116. The van der Waals surface area contributed by atoms with Crippen molar-refractivity contribution in [3.63, 3.8) is 0 Å². The molecule has 5 nitrogen and oxygen atoms in total. The molecule has 0 aliphatic rings. The standard InChI is InChI=1S/C22H27N3O2S2/c1-6-12(2)10-16-15(5)29-21-18(16)20(27)24-22(25-21)28-11-17(26)23-19-13(3)8-7-9-14(19)4/h7-9,12H,6,10-11H2,1-5H3,(H,23,26)(H,24,25,27). The van der Waals surface area contributed by atoms with Crippen LogP contribution >= 0.6 is 23.1 Å². The molecule has 0 aliphatic carbocycles. The monoisotopic (exact) mass is 429 g/mol. The van der Waals surface area contributed by atoms with Crippen molar-refractivity contribution in [3.05, 3.63) is 50.1 Å². The Bertz CT molecular complexity index is 1080. The molecular weight excluding hydrogens is 402 g/mol. The lowest BCUT2D eigenvalue weighted by Gasteiger charge is -2.11.